The van der Waals surface area contributed by atoms with Gasteiger partial charge < -0.3 is 20.5 Å². The minimum absolute atomic E-state index is 0.139. The van der Waals surface area contributed by atoms with Gasteiger partial charge in [0.25, 0.3) is 5.91 Å². The Balaban J connectivity index is 2.41. The van der Waals surface area contributed by atoms with E-state index in [9.17, 15) is 4.79 Å². The van der Waals surface area contributed by atoms with Crippen LogP contribution < -0.4 is 11.1 Å². The lowest BCUT2D eigenvalue weighted by atomic mass is 9.99. The molecule has 0 aromatic rings. The molecule has 0 aromatic carbocycles. The van der Waals surface area contributed by atoms with Crippen LogP contribution in [0.4, 0.5) is 0 Å². The number of amides is 1. The first-order valence-corrected chi connectivity index (χ1v) is 11.5. The molecule has 1 heterocycles. The fourth-order valence-corrected chi connectivity index (χ4v) is 3.43. The summed E-state index contributed by atoms with van der Waals surface area (Å²) >= 11 is 0. The van der Waals surface area contributed by atoms with Gasteiger partial charge in [-0.3, -0.25) is 9.79 Å². The van der Waals surface area contributed by atoms with E-state index in [1.54, 1.807) is 18.4 Å². The second-order valence-electron chi connectivity index (χ2n) is 7.57. The van der Waals surface area contributed by atoms with E-state index >= 15 is 0 Å². The standard InChI is InChI=1S/C25H41N3O3/c1-5-10-23(22(7-3)19-26)11-8-9-15-28-25(29)21(6-2)12-16-27-20(4)31-24-13-17-30-18-14-24/h5-6,10,12,16,20,24H,2,7-9,11,13-15,17-19,26H2,1,3-4H3,(H,28,29)/b10-5-,21-12+,23-22-,27-16?. The van der Waals surface area contributed by atoms with E-state index < -0.39 is 0 Å². The van der Waals surface area contributed by atoms with Crippen molar-refractivity contribution >= 4 is 12.1 Å². The van der Waals surface area contributed by atoms with Crippen LogP contribution in [0.1, 0.15) is 59.3 Å². The predicted octanol–water partition coefficient (Wildman–Crippen LogP) is 4.24. The normalized spacial score (nSPS) is 17.7. The van der Waals surface area contributed by atoms with Crippen molar-refractivity contribution in [2.75, 3.05) is 26.3 Å². The zero-order valence-corrected chi connectivity index (χ0v) is 19.6. The topological polar surface area (TPSA) is 85.9 Å². The second-order valence-corrected chi connectivity index (χ2v) is 7.57. The number of nitrogens with zero attached hydrogens (tertiary/aromatic N) is 1. The third kappa shape index (κ3) is 11.2. The molecule has 1 saturated heterocycles. The lowest BCUT2D eigenvalue weighted by Crippen LogP contribution is -2.26. The maximum Gasteiger partial charge on any atom is 0.251 e. The van der Waals surface area contributed by atoms with Crippen LogP contribution in [0, 0.1) is 0 Å². The highest BCUT2D eigenvalue weighted by atomic mass is 16.5. The Hall–Kier alpha value is -2.02. The molecule has 1 aliphatic heterocycles. The van der Waals surface area contributed by atoms with Crippen molar-refractivity contribution in [3.63, 3.8) is 0 Å². The van der Waals surface area contributed by atoms with Gasteiger partial charge in [0.1, 0.15) is 6.23 Å². The molecule has 1 aliphatic rings. The molecule has 1 rings (SSSR count). The first-order valence-electron chi connectivity index (χ1n) is 11.5. The number of hydrogen-bond donors (Lipinski definition) is 2. The first kappa shape index (κ1) is 27.0. The summed E-state index contributed by atoms with van der Waals surface area (Å²) in [6, 6.07) is 0. The third-order valence-electron chi connectivity index (χ3n) is 5.24. The number of ether oxygens (including phenoxy) is 2. The van der Waals surface area contributed by atoms with Crippen LogP contribution in [-0.4, -0.2) is 50.8 Å². The molecule has 0 aliphatic carbocycles. The summed E-state index contributed by atoms with van der Waals surface area (Å²) in [5, 5.41) is 2.96. The summed E-state index contributed by atoms with van der Waals surface area (Å²) in [6.45, 7) is 12.5. The Labute approximate surface area is 188 Å². The van der Waals surface area contributed by atoms with Crippen molar-refractivity contribution in [1.29, 1.82) is 0 Å². The maximum absolute atomic E-state index is 12.4. The molecule has 1 amide bonds. The molecule has 0 radical (unpaired) electrons. The summed E-state index contributed by atoms with van der Waals surface area (Å²) in [5.74, 6) is -0.139. The molecule has 0 spiro atoms. The van der Waals surface area contributed by atoms with Crippen LogP contribution >= 0.6 is 0 Å². The zero-order chi connectivity index (χ0) is 22.9. The van der Waals surface area contributed by atoms with Crippen LogP contribution in [0.5, 0.6) is 0 Å². The molecule has 31 heavy (non-hydrogen) atoms. The SMILES string of the molecule is C=C/C(=C\C=NC(C)OC1CCOCC1)C(=O)NCCCCC(/C=C\C)=C(/CC)CN. The molecule has 0 bridgehead atoms. The molecule has 174 valence electrons. The molecular formula is C25H41N3O3. The van der Waals surface area contributed by atoms with Crippen LogP contribution in [-0.2, 0) is 14.3 Å². The summed E-state index contributed by atoms with van der Waals surface area (Å²) in [4.78, 5) is 16.7. The average Bonchev–Trinajstić information content (AvgIpc) is 2.77. The van der Waals surface area contributed by atoms with Crippen molar-refractivity contribution in [2.45, 2.75) is 71.6 Å². The number of nitrogens with one attached hydrogen (secondary N) is 1. The van der Waals surface area contributed by atoms with E-state index in [1.165, 1.54) is 11.1 Å². The monoisotopic (exact) mass is 431 g/mol. The Morgan fingerprint density at radius 3 is 2.71 bits per heavy atom. The van der Waals surface area contributed by atoms with Gasteiger partial charge in [-0.15, -0.1) is 0 Å². The Kier molecular flexibility index (Phi) is 14.5. The van der Waals surface area contributed by atoms with Gasteiger partial charge in [-0.05, 0) is 64.0 Å². The molecule has 6 heteroatoms. The van der Waals surface area contributed by atoms with Gasteiger partial charge in [0.15, 0.2) is 0 Å². The summed E-state index contributed by atoms with van der Waals surface area (Å²) < 4.78 is 11.2. The number of hydrogen-bond acceptors (Lipinski definition) is 5. The number of carbonyl (C=O) groups excluding carboxylic acids is 1. The minimum Gasteiger partial charge on any atom is -0.381 e. The van der Waals surface area contributed by atoms with E-state index in [4.69, 9.17) is 15.2 Å². The lowest BCUT2D eigenvalue weighted by molar-refractivity contribution is -0.117. The van der Waals surface area contributed by atoms with Gasteiger partial charge in [-0.2, -0.15) is 0 Å². The first-order chi connectivity index (χ1) is 15.0. The van der Waals surface area contributed by atoms with E-state index in [0.717, 1.165) is 51.7 Å². The Bertz CT molecular complexity index is 653. The van der Waals surface area contributed by atoms with Gasteiger partial charge in [0.2, 0.25) is 0 Å². The lowest BCUT2D eigenvalue weighted by Gasteiger charge is -2.24. The number of rotatable bonds is 14. The smallest absolute Gasteiger partial charge is 0.251 e. The van der Waals surface area contributed by atoms with Crippen LogP contribution in [0.2, 0.25) is 0 Å². The maximum atomic E-state index is 12.4. The number of nitrogens with two attached hydrogens (primary N) is 1. The number of unbranched alkanes of at least 4 members (excludes halogenated alkanes) is 1. The summed E-state index contributed by atoms with van der Waals surface area (Å²) in [7, 11) is 0. The highest BCUT2D eigenvalue weighted by Crippen LogP contribution is 2.16. The predicted molar refractivity (Wildman–Crippen MR) is 129 cm³/mol. The largest absolute Gasteiger partial charge is 0.381 e. The number of allylic oxidation sites excluding steroid dienone is 4. The van der Waals surface area contributed by atoms with Crippen molar-refractivity contribution < 1.29 is 14.3 Å². The van der Waals surface area contributed by atoms with Gasteiger partial charge in [-0.1, -0.05) is 37.3 Å². The fraction of sp³-hybridized carbons (Fsp3) is 0.600. The average molecular weight is 432 g/mol. The van der Waals surface area contributed by atoms with Gasteiger partial charge >= 0.3 is 0 Å². The Morgan fingerprint density at radius 1 is 1.35 bits per heavy atom. The zero-order valence-electron chi connectivity index (χ0n) is 19.6. The van der Waals surface area contributed by atoms with Gasteiger partial charge in [-0.25, -0.2) is 0 Å². The quantitative estimate of drug-likeness (QED) is 0.186. The summed E-state index contributed by atoms with van der Waals surface area (Å²) in [6.07, 6.45) is 14.6. The highest BCUT2D eigenvalue weighted by Gasteiger charge is 2.16. The van der Waals surface area contributed by atoms with Gasteiger partial charge in [0.05, 0.1) is 6.10 Å². The van der Waals surface area contributed by atoms with Gasteiger partial charge in [0, 0.05) is 38.1 Å². The molecule has 1 fully saturated rings. The van der Waals surface area contributed by atoms with Crippen LogP contribution in [0.3, 0.4) is 0 Å². The molecule has 6 nitrogen and oxygen atoms in total. The van der Waals surface area contributed by atoms with Crippen molar-refractivity contribution in [3.05, 3.63) is 47.6 Å². The number of aliphatic imine (C=N–C) groups is 1. The van der Waals surface area contributed by atoms with Crippen LogP contribution in [0.15, 0.2) is 52.6 Å². The number of carbonyl (C=O) groups is 1. The molecular weight excluding hydrogens is 390 g/mol. The summed E-state index contributed by atoms with van der Waals surface area (Å²) in [5.41, 5.74) is 8.96. The van der Waals surface area contributed by atoms with E-state index in [1.807, 2.05) is 13.8 Å². The van der Waals surface area contributed by atoms with Crippen molar-refractivity contribution in [1.82, 2.24) is 5.32 Å². The van der Waals surface area contributed by atoms with Crippen molar-refractivity contribution in [3.8, 4) is 0 Å². The molecule has 0 saturated carbocycles. The third-order valence-corrected chi connectivity index (χ3v) is 5.24. The molecule has 1 unspecified atom stereocenters. The second kappa shape index (κ2) is 16.6. The van der Waals surface area contributed by atoms with Crippen LogP contribution in [0.25, 0.3) is 0 Å². The van der Waals surface area contributed by atoms with Crippen molar-refractivity contribution in [2.24, 2.45) is 10.7 Å². The van der Waals surface area contributed by atoms with E-state index in [2.05, 4.69) is 36.0 Å². The Morgan fingerprint density at radius 2 is 2.10 bits per heavy atom. The van der Waals surface area contributed by atoms with E-state index in [-0.39, 0.29) is 18.2 Å². The minimum atomic E-state index is -0.255. The molecule has 0 aromatic heterocycles. The highest BCUT2D eigenvalue weighted by molar-refractivity contribution is 5.99. The molecule has 1 atom stereocenters. The fourth-order valence-electron chi connectivity index (χ4n) is 3.43. The van der Waals surface area contributed by atoms with E-state index in [0.29, 0.717) is 18.7 Å². The molecule has 3 N–H and O–H groups in total.